The van der Waals surface area contributed by atoms with E-state index in [4.69, 9.17) is 11.6 Å². The lowest BCUT2D eigenvalue weighted by Gasteiger charge is -2.20. The quantitative estimate of drug-likeness (QED) is 0.613. The fraction of sp³-hybridized carbons (Fsp3) is 0.200. The van der Waals surface area contributed by atoms with Crippen molar-refractivity contribution in [3.8, 4) is 0 Å². The fourth-order valence-electron chi connectivity index (χ4n) is 3.40. The number of anilines is 1. The normalized spacial score (nSPS) is 20.5. The van der Waals surface area contributed by atoms with Gasteiger partial charge in [0.25, 0.3) is 0 Å². The third kappa shape index (κ3) is 3.75. The predicted octanol–water partition coefficient (Wildman–Crippen LogP) is 2.78. The molecule has 1 aliphatic heterocycles. The summed E-state index contributed by atoms with van der Waals surface area (Å²) in [4.78, 5) is 27.2. The van der Waals surface area contributed by atoms with Gasteiger partial charge in [0.05, 0.1) is 6.04 Å². The minimum Gasteiger partial charge on any atom is -0.384 e. The van der Waals surface area contributed by atoms with Crippen LogP contribution in [0.2, 0.25) is 0 Å². The van der Waals surface area contributed by atoms with E-state index in [2.05, 4.69) is 20.9 Å². The number of amides is 2. The first-order chi connectivity index (χ1) is 13.1. The monoisotopic (exact) mass is 382 g/mol. The van der Waals surface area contributed by atoms with Crippen molar-refractivity contribution in [3.05, 3.63) is 65.5 Å². The molecule has 4 rings (SSSR count). The second-order valence-corrected chi connectivity index (χ2v) is 7.02. The molecule has 27 heavy (non-hydrogen) atoms. The van der Waals surface area contributed by atoms with Gasteiger partial charge in [0, 0.05) is 40.3 Å². The minimum absolute atomic E-state index is 0.196. The summed E-state index contributed by atoms with van der Waals surface area (Å²) in [7, 11) is 0. The second kappa shape index (κ2) is 7.32. The molecule has 2 heterocycles. The summed E-state index contributed by atoms with van der Waals surface area (Å²) in [6.45, 7) is 0.384. The van der Waals surface area contributed by atoms with Crippen LogP contribution < -0.4 is 16.0 Å². The van der Waals surface area contributed by atoms with Gasteiger partial charge < -0.3 is 20.9 Å². The topological polar surface area (TPSA) is 86.0 Å². The average molecular weight is 383 g/mol. The van der Waals surface area contributed by atoms with Gasteiger partial charge in [-0.15, -0.1) is 0 Å². The maximum atomic E-state index is 12.1. The predicted molar refractivity (Wildman–Crippen MR) is 106 cm³/mol. The van der Waals surface area contributed by atoms with Crippen LogP contribution in [-0.4, -0.2) is 29.4 Å². The Morgan fingerprint density at radius 3 is 2.96 bits per heavy atom. The zero-order valence-corrected chi connectivity index (χ0v) is 15.2. The molecule has 2 atom stereocenters. The maximum Gasteiger partial charge on any atom is 0.313 e. The summed E-state index contributed by atoms with van der Waals surface area (Å²) in [5.74, 6) is -1.13. The van der Waals surface area contributed by atoms with E-state index in [1.165, 1.54) is 0 Å². The molecule has 0 unspecified atom stereocenters. The van der Waals surface area contributed by atoms with Gasteiger partial charge in [-0.2, -0.15) is 0 Å². The Hall–Kier alpha value is -2.99. The van der Waals surface area contributed by atoms with Crippen LogP contribution >= 0.6 is 11.6 Å². The summed E-state index contributed by atoms with van der Waals surface area (Å²) in [5, 5.41) is 10.3. The lowest BCUT2D eigenvalue weighted by atomic mass is 9.90. The Bertz CT molecular complexity index is 989. The Kier molecular flexibility index (Phi) is 4.73. The minimum atomic E-state index is -0.676. The first kappa shape index (κ1) is 17.4. The number of aromatic nitrogens is 1. The number of allylic oxidation sites excluding steroid dienone is 2. The SMILES string of the molecule is O=C(NCCC1=CN[C@@H]2C=CC(Cl)=C[C@@H]12)C(=O)Nc1ccc2[nH]ccc2c1. The van der Waals surface area contributed by atoms with Crippen molar-refractivity contribution in [1.29, 1.82) is 0 Å². The highest BCUT2D eigenvalue weighted by Crippen LogP contribution is 2.31. The third-order valence-electron chi connectivity index (χ3n) is 4.79. The molecule has 4 N–H and O–H groups in total. The maximum absolute atomic E-state index is 12.1. The van der Waals surface area contributed by atoms with Crippen LogP contribution in [0.1, 0.15) is 6.42 Å². The Balaban J connectivity index is 1.28. The Morgan fingerprint density at radius 2 is 2.07 bits per heavy atom. The van der Waals surface area contributed by atoms with Gasteiger partial charge in [-0.3, -0.25) is 9.59 Å². The molecule has 1 aromatic heterocycles. The van der Waals surface area contributed by atoms with Crippen molar-refractivity contribution >= 4 is 40.0 Å². The highest BCUT2D eigenvalue weighted by atomic mass is 35.5. The number of carbonyl (C=O) groups excluding carboxylic acids is 2. The molecular formula is C20H19ClN4O2. The molecule has 2 aliphatic rings. The first-order valence-corrected chi connectivity index (χ1v) is 9.15. The number of halogens is 1. The molecule has 0 radical (unpaired) electrons. The number of fused-ring (bicyclic) bond motifs is 2. The van der Waals surface area contributed by atoms with Gasteiger partial charge in [-0.1, -0.05) is 23.8 Å². The van der Waals surface area contributed by atoms with E-state index in [0.29, 0.717) is 23.7 Å². The van der Waals surface area contributed by atoms with Crippen molar-refractivity contribution in [2.24, 2.45) is 5.92 Å². The zero-order valence-electron chi connectivity index (χ0n) is 14.5. The molecule has 138 valence electrons. The van der Waals surface area contributed by atoms with Crippen molar-refractivity contribution in [2.75, 3.05) is 11.9 Å². The van der Waals surface area contributed by atoms with Crippen LogP contribution in [0.4, 0.5) is 5.69 Å². The molecule has 1 aliphatic carbocycles. The van der Waals surface area contributed by atoms with E-state index >= 15 is 0 Å². The molecule has 2 aromatic rings. The van der Waals surface area contributed by atoms with E-state index in [9.17, 15) is 9.59 Å². The number of hydrogen-bond donors (Lipinski definition) is 4. The van der Waals surface area contributed by atoms with Gasteiger partial charge in [0.1, 0.15) is 0 Å². The Morgan fingerprint density at radius 1 is 1.19 bits per heavy atom. The summed E-state index contributed by atoms with van der Waals surface area (Å²) in [6, 6.07) is 7.55. The number of H-pyrrole nitrogens is 1. The largest absolute Gasteiger partial charge is 0.384 e. The summed E-state index contributed by atoms with van der Waals surface area (Å²) in [6.07, 6.45) is 10.3. The molecule has 2 amide bonds. The highest BCUT2D eigenvalue weighted by Gasteiger charge is 2.28. The van der Waals surface area contributed by atoms with Crippen LogP contribution in [0.3, 0.4) is 0 Å². The van der Waals surface area contributed by atoms with Crippen molar-refractivity contribution < 1.29 is 9.59 Å². The highest BCUT2D eigenvalue weighted by molar-refractivity contribution is 6.39. The molecule has 0 fully saturated rings. The van der Waals surface area contributed by atoms with Crippen LogP contribution in [0.5, 0.6) is 0 Å². The summed E-state index contributed by atoms with van der Waals surface area (Å²) < 4.78 is 0. The van der Waals surface area contributed by atoms with Gasteiger partial charge in [0.2, 0.25) is 0 Å². The smallest absolute Gasteiger partial charge is 0.313 e. The number of hydrogen-bond acceptors (Lipinski definition) is 3. The lowest BCUT2D eigenvalue weighted by Crippen LogP contribution is -2.36. The summed E-state index contributed by atoms with van der Waals surface area (Å²) in [5.41, 5.74) is 2.71. The van der Waals surface area contributed by atoms with Gasteiger partial charge >= 0.3 is 11.8 Å². The van der Waals surface area contributed by atoms with Gasteiger partial charge in [-0.05, 0) is 48.5 Å². The molecule has 1 aromatic carbocycles. The van der Waals surface area contributed by atoms with Crippen molar-refractivity contribution in [2.45, 2.75) is 12.5 Å². The molecule has 6 nitrogen and oxygen atoms in total. The van der Waals surface area contributed by atoms with E-state index in [1.54, 1.807) is 6.07 Å². The summed E-state index contributed by atoms with van der Waals surface area (Å²) >= 11 is 6.08. The van der Waals surface area contributed by atoms with Crippen LogP contribution in [0.25, 0.3) is 10.9 Å². The fourth-order valence-corrected chi connectivity index (χ4v) is 3.61. The van der Waals surface area contributed by atoms with E-state index < -0.39 is 11.8 Å². The standard InChI is InChI=1S/C20H19ClN4O2/c21-14-1-3-18-16(10-14)13(11-24-18)6-8-23-19(26)20(27)25-15-2-4-17-12(9-15)5-7-22-17/h1-5,7,9-11,16,18,22,24H,6,8H2,(H,23,26)(H,25,27)/t16-,18+/m0/s1. The third-order valence-corrected chi connectivity index (χ3v) is 5.05. The van der Waals surface area contributed by atoms with E-state index in [0.717, 1.165) is 16.5 Å². The van der Waals surface area contributed by atoms with Gasteiger partial charge in [-0.25, -0.2) is 0 Å². The van der Waals surface area contributed by atoms with Crippen molar-refractivity contribution in [3.63, 3.8) is 0 Å². The Labute approximate surface area is 161 Å². The molecule has 0 spiro atoms. The average Bonchev–Trinajstić information content (AvgIpc) is 3.28. The first-order valence-electron chi connectivity index (χ1n) is 8.77. The number of aromatic amines is 1. The second-order valence-electron chi connectivity index (χ2n) is 6.59. The molecule has 7 heteroatoms. The number of carbonyl (C=O) groups is 2. The van der Waals surface area contributed by atoms with Gasteiger partial charge in [0.15, 0.2) is 0 Å². The van der Waals surface area contributed by atoms with Crippen LogP contribution in [-0.2, 0) is 9.59 Å². The van der Waals surface area contributed by atoms with Crippen molar-refractivity contribution in [1.82, 2.24) is 15.6 Å². The lowest BCUT2D eigenvalue weighted by molar-refractivity contribution is -0.136. The molecule has 0 bridgehead atoms. The number of nitrogens with one attached hydrogen (secondary N) is 4. The number of benzene rings is 1. The van der Waals surface area contributed by atoms with E-state index in [1.807, 2.05) is 48.8 Å². The number of rotatable bonds is 4. The van der Waals surface area contributed by atoms with Crippen LogP contribution in [0.15, 0.2) is 65.5 Å². The van der Waals surface area contributed by atoms with E-state index in [-0.39, 0.29) is 12.0 Å². The molecule has 0 saturated carbocycles. The zero-order chi connectivity index (χ0) is 18.8. The van der Waals surface area contributed by atoms with Crippen LogP contribution in [0, 0.1) is 5.92 Å². The molecular weight excluding hydrogens is 364 g/mol. The molecule has 0 saturated heterocycles.